The molecule has 0 radical (unpaired) electrons. The van der Waals surface area contributed by atoms with E-state index in [4.69, 9.17) is 0 Å². The number of hydrogen-bond acceptors (Lipinski definition) is 5. The summed E-state index contributed by atoms with van der Waals surface area (Å²) < 4.78 is 41.1. The summed E-state index contributed by atoms with van der Waals surface area (Å²) in [5.74, 6) is 0.156. The molecule has 0 unspecified atom stereocenters. The van der Waals surface area contributed by atoms with Gasteiger partial charge in [-0.25, -0.2) is 4.98 Å². The number of fused-ring (bicyclic) bond motifs is 1. The van der Waals surface area contributed by atoms with E-state index in [0.717, 1.165) is 22.4 Å². The fourth-order valence-electron chi connectivity index (χ4n) is 3.45. The highest BCUT2D eigenvalue weighted by Gasteiger charge is 2.36. The van der Waals surface area contributed by atoms with Crippen LogP contribution < -0.4 is 4.90 Å². The van der Waals surface area contributed by atoms with Crippen LogP contribution in [0, 0.1) is 5.92 Å². The van der Waals surface area contributed by atoms with E-state index in [9.17, 15) is 18.3 Å². The van der Waals surface area contributed by atoms with Gasteiger partial charge in [0.1, 0.15) is 0 Å². The van der Waals surface area contributed by atoms with Gasteiger partial charge in [0.25, 0.3) is 0 Å². The molecule has 0 amide bonds. The van der Waals surface area contributed by atoms with E-state index >= 15 is 0 Å². The molecule has 0 bridgehead atoms. The van der Waals surface area contributed by atoms with Gasteiger partial charge in [-0.05, 0) is 23.8 Å². The zero-order valence-electron chi connectivity index (χ0n) is 13.9. The van der Waals surface area contributed by atoms with E-state index in [1.807, 2.05) is 18.1 Å². The van der Waals surface area contributed by atoms with Gasteiger partial charge in [-0.15, -0.1) is 0 Å². The van der Waals surface area contributed by atoms with Gasteiger partial charge in [-0.1, -0.05) is 11.3 Å². The van der Waals surface area contributed by atoms with E-state index in [2.05, 4.69) is 10.1 Å². The van der Waals surface area contributed by atoms with Gasteiger partial charge in [0.15, 0.2) is 5.13 Å². The minimum atomic E-state index is -4.38. The molecular weight excluding hydrogens is 365 g/mol. The fraction of sp³-hybridized carbons (Fsp3) is 0.412. The zero-order chi connectivity index (χ0) is 18.5. The van der Waals surface area contributed by atoms with Crippen molar-refractivity contribution < 1.29 is 18.3 Å². The first-order chi connectivity index (χ1) is 12.3. The Labute approximate surface area is 151 Å². The minimum Gasteiger partial charge on any atom is -0.396 e. The molecule has 1 N–H and O–H groups in total. The Morgan fingerprint density at radius 1 is 1.31 bits per heavy atom. The molecule has 0 spiro atoms. The number of nitrogens with zero attached hydrogens (tertiary/aromatic N) is 4. The number of thiazole rings is 1. The first-order valence-electron chi connectivity index (χ1n) is 8.17. The van der Waals surface area contributed by atoms with Crippen LogP contribution in [0.5, 0.6) is 0 Å². The van der Waals surface area contributed by atoms with Crippen molar-refractivity contribution in [2.24, 2.45) is 13.0 Å². The maximum Gasteiger partial charge on any atom is 0.416 e. The Hall–Kier alpha value is -2.13. The third kappa shape index (κ3) is 3.05. The standard InChI is InChI=1S/C17H17F3N4OS/c1-23-6-10(5-21-23)13-8-24(7-11(13)9-25)16-22-14-4-12(17(18,19)20)2-3-15(14)26-16/h2-6,11,13,25H,7-9H2,1H3/t11-,13-/m0/s1. The lowest BCUT2D eigenvalue weighted by molar-refractivity contribution is -0.137. The number of aliphatic hydroxyl groups is 1. The number of aryl methyl sites for hydroxylation is 1. The van der Waals surface area contributed by atoms with Gasteiger partial charge in [0.2, 0.25) is 0 Å². The number of anilines is 1. The summed E-state index contributed by atoms with van der Waals surface area (Å²) in [7, 11) is 1.84. The monoisotopic (exact) mass is 382 g/mol. The van der Waals surface area contributed by atoms with Crippen LogP contribution in [-0.2, 0) is 13.2 Å². The van der Waals surface area contributed by atoms with Crippen LogP contribution in [0.3, 0.4) is 0 Å². The Morgan fingerprint density at radius 3 is 2.77 bits per heavy atom. The van der Waals surface area contributed by atoms with Crippen molar-refractivity contribution in [2.75, 3.05) is 24.6 Å². The van der Waals surface area contributed by atoms with Crippen molar-refractivity contribution in [1.82, 2.24) is 14.8 Å². The predicted octanol–water partition coefficient (Wildman–Crippen LogP) is 3.26. The molecule has 26 heavy (non-hydrogen) atoms. The summed E-state index contributed by atoms with van der Waals surface area (Å²) in [5.41, 5.74) is 0.712. The Balaban J connectivity index is 1.63. The number of hydrogen-bond donors (Lipinski definition) is 1. The van der Waals surface area contributed by atoms with Crippen LogP contribution in [0.1, 0.15) is 17.0 Å². The number of aromatic nitrogens is 3. The van der Waals surface area contributed by atoms with Crippen molar-refractivity contribution in [2.45, 2.75) is 12.1 Å². The molecule has 1 aromatic carbocycles. The molecule has 0 saturated carbocycles. The molecular formula is C17H17F3N4OS. The summed E-state index contributed by atoms with van der Waals surface area (Å²) in [6.45, 7) is 1.31. The molecule has 3 aromatic rings. The first kappa shape index (κ1) is 17.3. The number of alkyl halides is 3. The van der Waals surface area contributed by atoms with Crippen LogP contribution >= 0.6 is 11.3 Å². The SMILES string of the molecule is Cn1cc([C@@H]2CN(c3nc4cc(C(F)(F)F)ccc4s3)C[C@H]2CO)cn1. The number of aliphatic hydroxyl groups excluding tert-OH is 1. The van der Waals surface area contributed by atoms with Crippen molar-refractivity contribution in [3.63, 3.8) is 0 Å². The van der Waals surface area contributed by atoms with E-state index in [1.54, 1.807) is 10.9 Å². The third-order valence-corrected chi connectivity index (χ3v) is 5.90. The molecule has 5 nitrogen and oxygen atoms in total. The summed E-state index contributed by atoms with van der Waals surface area (Å²) in [6, 6.07) is 3.65. The van der Waals surface area contributed by atoms with Gasteiger partial charge in [0.05, 0.1) is 22.0 Å². The molecule has 1 aliphatic rings. The second-order valence-electron chi connectivity index (χ2n) is 6.58. The van der Waals surface area contributed by atoms with Crippen molar-refractivity contribution in [1.29, 1.82) is 0 Å². The zero-order valence-corrected chi connectivity index (χ0v) is 14.8. The molecule has 2 atom stereocenters. The number of halogens is 3. The molecule has 1 aliphatic heterocycles. The van der Waals surface area contributed by atoms with Gasteiger partial charge >= 0.3 is 6.18 Å². The smallest absolute Gasteiger partial charge is 0.396 e. The number of benzene rings is 1. The highest BCUT2D eigenvalue weighted by Crippen LogP contribution is 2.39. The highest BCUT2D eigenvalue weighted by molar-refractivity contribution is 7.22. The summed E-state index contributed by atoms with van der Waals surface area (Å²) >= 11 is 1.37. The maximum atomic E-state index is 12.9. The summed E-state index contributed by atoms with van der Waals surface area (Å²) in [6.07, 6.45) is -0.644. The lowest BCUT2D eigenvalue weighted by Gasteiger charge is -2.13. The molecule has 2 aromatic heterocycles. The predicted molar refractivity (Wildman–Crippen MR) is 93.4 cm³/mol. The van der Waals surface area contributed by atoms with E-state index in [-0.39, 0.29) is 18.4 Å². The van der Waals surface area contributed by atoms with E-state index in [1.165, 1.54) is 17.4 Å². The second kappa shape index (κ2) is 6.24. The molecule has 1 saturated heterocycles. The largest absolute Gasteiger partial charge is 0.416 e. The molecule has 3 heterocycles. The molecule has 1 fully saturated rings. The third-order valence-electron chi connectivity index (χ3n) is 4.80. The Bertz CT molecular complexity index is 936. The summed E-state index contributed by atoms with van der Waals surface area (Å²) in [5, 5.41) is 14.6. The summed E-state index contributed by atoms with van der Waals surface area (Å²) in [4.78, 5) is 6.45. The van der Waals surface area contributed by atoms with E-state index in [0.29, 0.717) is 23.7 Å². The Morgan fingerprint density at radius 2 is 2.12 bits per heavy atom. The Kier molecular flexibility index (Phi) is 4.15. The average molecular weight is 382 g/mol. The second-order valence-corrected chi connectivity index (χ2v) is 7.59. The van der Waals surface area contributed by atoms with E-state index < -0.39 is 11.7 Å². The first-order valence-corrected chi connectivity index (χ1v) is 8.99. The maximum absolute atomic E-state index is 12.9. The highest BCUT2D eigenvalue weighted by atomic mass is 32.1. The van der Waals surface area contributed by atoms with Gasteiger partial charge in [0, 0.05) is 44.8 Å². The fourth-order valence-corrected chi connectivity index (χ4v) is 4.41. The van der Waals surface area contributed by atoms with Crippen molar-refractivity contribution in [3.8, 4) is 0 Å². The normalized spacial score (nSPS) is 21.0. The quantitative estimate of drug-likeness (QED) is 0.756. The lowest BCUT2D eigenvalue weighted by atomic mass is 9.92. The lowest BCUT2D eigenvalue weighted by Crippen LogP contribution is -2.20. The minimum absolute atomic E-state index is 0.0388. The van der Waals surface area contributed by atoms with Crippen LogP contribution in [0.15, 0.2) is 30.6 Å². The topological polar surface area (TPSA) is 54.2 Å². The van der Waals surface area contributed by atoms with Crippen molar-refractivity contribution in [3.05, 3.63) is 41.7 Å². The van der Waals surface area contributed by atoms with Crippen molar-refractivity contribution >= 4 is 26.7 Å². The average Bonchev–Trinajstić information content (AvgIpc) is 3.29. The molecule has 9 heteroatoms. The van der Waals surface area contributed by atoms with Gasteiger partial charge < -0.3 is 10.0 Å². The molecule has 4 rings (SSSR count). The van der Waals surface area contributed by atoms with Crippen LogP contribution in [0.25, 0.3) is 10.2 Å². The number of rotatable bonds is 3. The van der Waals surface area contributed by atoms with Crippen LogP contribution in [0.2, 0.25) is 0 Å². The van der Waals surface area contributed by atoms with Gasteiger partial charge in [-0.2, -0.15) is 18.3 Å². The van der Waals surface area contributed by atoms with Gasteiger partial charge in [-0.3, -0.25) is 4.68 Å². The van der Waals surface area contributed by atoms with Crippen LogP contribution in [0.4, 0.5) is 18.3 Å². The molecule has 0 aliphatic carbocycles. The molecule has 138 valence electrons. The van der Waals surface area contributed by atoms with Crippen LogP contribution in [-0.4, -0.2) is 39.6 Å².